The number of pyridine rings is 2. The minimum Gasteiger partial charge on any atom is -0.406 e. The lowest BCUT2D eigenvalue weighted by atomic mass is 10.1. The summed E-state index contributed by atoms with van der Waals surface area (Å²) >= 11 is 2.95. The largest absolute Gasteiger partial charge is 0.573 e. The van der Waals surface area contributed by atoms with E-state index in [0.717, 1.165) is 67.3 Å². The van der Waals surface area contributed by atoms with Crippen LogP contribution in [0.15, 0.2) is 145 Å². The van der Waals surface area contributed by atoms with Gasteiger partial charge in [0.05, 0.1) is 39.0 Å². The first-order valence-corrected chi connectivity index (χ1v) is 21.2. The van der Waals surface area contributed by atoms with Crippen LogP contribution in [0.3, 0.4) is 0 Å². The van der Waals surface area contributed by atoms with Gasteiger partial charge in [0.25, 0.3) is 0 Å². The van der Waals surface area contributed by atoms with Gasteiger partial charge in [0.1, 0.15) is 17.4 Å². The number of fused-ring (bicyclic) bond motifs is 2. The molecule has 11 nitrogen and oxygen atoms in total. The molecule has 10 aromatic rings. The van der Waals surface area contributed by atoms with E-state index in [4.69, 9.17) is 0 Å². The van der Waals surface area contributed by atoms with Crippen molar-refractivity contribution in [3.63, 3.8) is 0 Å². The quantitative estimate of drug-likeness (QED) is 0.136. The SMILES string of the molecule is Cn1c(-c2cccc(C(F)(F)F)c2)nc2cc(Nc3nc(-c4cccnc4)cs3)ccc21.Cn1c(-c2cccc(OC(F)(F)F)c2)nc2cc(Nc3nc(-c4cccnc4)cs3)ccc21. The van der Waals surface area contributed by atoms with Crippen molar-refractivity contribution in [3.8, 4) is 51.0 Å². The van der Waals surface area contributed by atoms with Crippen LogP contribution in [-0.2, 0) is 20.3 Å². The van der Waals surface area contributed by atoms with Gasteiger partial charge in [-0.15, -0.1) is 35.8 Å². The topological polar surface area (TPSA) is 120 Å². The molecule has 0 aliphatic rings. The van der Waals surface area contributed by atoms with E-state index >= 15 is 0 Å². The molecule has 0 saturated carbocycles. The summed E-state index contributed by atoms with van der Waals surface area (Å²) in [5.41, 5.74) is 8.38. The number of thiazole rings is 2. The zero-order valence-electron chi connectivity index (χ0n) is 33.9. The van der Waals surface area contributed by atoms with E-state index in [1.807, 2.05) is 83.0 Å². The van der Waals surface area contributed by atoms with Gasteiger partial charge in [-0.1, -0.05) is 24.3 Å². The fraction of sp³-hybridized carbons (Fsp3) is 0.0870. The highest BCUT2D eigenvalue weighted by Gasteiger charge is 2.32. The molecule has 0 bridgehead atoms. The van der Waals surface area contributed by atoms with Gasteiger partial charge in [-0.25, -0.2) is 19.9 Å². The number of aromatic nitrogens is 8. The Bertz CT molecular complexity index is 3270. The minimum atomic E-state index is -4.75. The van der Waals surface area contributed by atoms with E-state index in [1.165, 1.54) is 46.9 Å². The van der Waals surface area contributed by atoms with Crippen molar-refractivity contribution in [2.75, 3.05) is 10.6 Å². The van der Waals surface area contributed by atoms with Gasteiger partial charge in [-0.3, -0.25) is 9.97 Å². The molecule has 10 rings (SSSR count). The third-order valence-electron chi connectivity index (χ3n) is 9.96. The van der Waals surface area contributed by atoms with Gasteiger partial charge in [0, 0.05) is 83.3 Å². The third-order valence-corrected chi connectivity index (χ3v) is 11.5. The molecule has 4 aromatic carbocycles. The van der Waals surface area contributed by atoms with Crippen molar-refractivity contribution >= 4 is 66.4 Å². The van der Waals surface area contributed by atoms with Gasteiger partial charge < -0.3 is 24.5 Å². The lowest BCUT2D eigenvalue weighted by molar-refractivity contribution is -0.274. The van der Waals surface area contributed by atoms with Crippen LogP contribution in [0.2, 0.25) is 0 Å². The lowest BCUT2D eigenvalue weighted by Gasteiger charge is -2.10. The molecule has 65 heavy (non-hydrogen) atoms. The first-order valence-electron chi connectivity index (χ1n) is 19.5. The number of rotatable bonds is 9. The molecule has 2 N–H and O–H groups in total. The number of hydrogen-bond acceptors (Lipinski definition) is 11. The molecule has 6 heterocycles. The van der Waals surface area contributed by atoms with E-state index in [1.54, 1.807) is 48.5 Å². The zero-order chi connectivity index (χ0) is 45.3. The Labute approximate surface area is 373 Å². The molecule has 0 atom stereocenters. The summed E-state index contributed by atoms with van der Waals surface area (Å²) in [6, 6.07) is 29.9. The van der Waals surface area contributed by atoms with Crippen LogP contribution in [0.1, 0.15) is 5.56 Å². The fourth-order valence-corrected chi connectivity index (χ4v) is 8.42. The maximum absolute atomic E-state index is 13.1. The van der Waals surface area contributed by atoms with Crippen LogP contribution in [0, 0.1) is 0 Å². The summed E-state index contributed by atoms with van der Waals surface area (Å²) in [7, 11) is 3.61. The van der Waals surface area contributed by atoms with Crippen LogP contribution in [0.4, 0.5) is 48.0 Å². The molecular formula is C46H32F6N10OS2. The number of benzene rings is 4. The number of alkyl halides is 6. The van der Waals surface area contributed by atoms with Gasteiger partial charge in [0.2, 0.25) is 0 Å². The van der Waals surface area contributed by atoms with Crippen LogP contribution >= 0.6 is 22.7 Å². The van der Waals surface area contributed by atoms with E-state index in [2.05, 4.69) is 45.3 Å². The Morgan fingerprint density at radius 3 is 1.51 bits per heavy atom. The summed E-state index contributed by atoms with van der Waals surface area (Å²) in [6.07, 6.45) is -2.21. The maximum Gasteiger partial charge on any atom is 0.573 e. The molecular weight excluding hydrogens is 887 g/mol. The number of halogens is 6. The molecule has 0 aliphatic heterocycles. The fourth-order valence-electron chi connectivity index (χ4n) is 6.94. The first kappa shape index (κ1) is 42.7. The van der Waals surface area contributed by atoms with Crippen molar-refractivity contribution < 1.29 is 31.1 Å². The third kappa shape index (κ3) is 9.65. The highest BCUT2D eigenvalue weighted by Crippen LogP contribution is 2.35. The van der Waals surface area contributed by atoms with Gasteiger partial charge in [-0.2, -0.15) is 13.2 Å². The second-order valence-corrected chi connectivity index (χ2v) is 16.1. The zero-order valence-corrected chi connectivity index (χ0v) is 35.6. The van der Waals surface area contributed by atoms with Crippen molar-refractivity contribution in [2.45, 2.75) is 12.5 Å². The molecule has 6 aromatic heterocycles. The molecule has 0 amide bonds. The Balaban J connectivity index is 0.000000164. The Hall–Kier alpha value is -7.64. The monoisotopic (exact) mass is 918 g/mol. The van der Waals surface area contributed by atoms with Gasteiger partial charge >= 0.3 is 12.5 Å². The summed E-state index contributed by atoms with van der Waals surface area (Å²) < 4.78 is 84.8. The maximum atomic E-state index is 13.1. The van der Waals surface area contributed by atoms with Crippen LogP contribution in [-0.4, -0.2) is 45.4 Å². The van der Waals surface area contributed by atoms with E-state index in [-0.39, 0.29) is 5.75 Å². The standard InChI is InChI=1S/C23H16F3N5OS.C23H16F3N5S/c1-31-20-8-7-16(28-22-30-19(13-33-22)15-5-3-9-27-12-15)11-18(20)29-21(31)14-4-2-6-17(10-14)32-23(24,25)26;1-31-20-8-7-17(28-22-30-19(13-32-22)15-5-3-9-27-12-15)11-18(20)29-21(31)14-4-2-6-16(10-14)23(24,25)26/h2-13H,1H3,(H,28,30);2-13H,1H3,(H,28,30). The molecule has 19 heteroatoms. The summed E-state index contributed by atoms with van der Waals surface area (Å²) in [5, 5.41) is 11.9. The molecule has 0 radical (unpaired) electrons. The Kier molecular flexibility index (Phi) is 11.5. The highest BCUT2D eigenvalue weighted by molar-refractivity contribution is 7.14. The number of aryl methyl sites for hydroxylation is 2. The number of anilines is 4. The normalized spacial score (nSPS) is 11.7. The summed E-state index contributed by atoms with van der Waals surface area (Å²) in [4.78, 5) is 26.7. The van der Waals surface area contributed by atoms with Gasteiger partial charge in [-0.05, 0) is 84.9 Å². The predicted molar refractivity (Wildman–Crippen MR) is 241 cm³/mol. The molecule has 0 unspecified atom stereocenters. The number of nitrogens with one attached hydrogen (secondary N) is 2. The van der Waals surface area contributed by atoms with Crippen molar-refractivity contribution in [1.29, 1.82) is 0 Å². The average molecular weight is 919 g/mol. The number of ether oxygens (including phenoxy) is 1. The number of nitrogens with zero attached hydrogens (tertiary/aromatic N) is 8. The lowest BCUT2D eigenvalue weighted by Crippen LogP contribution is -2.17. The molecule has 0 fully saturated rings. The van der Waals surface area contributed by atoms with Crippen molar-refractivity contribution in [1.82, 2.24) is 39.0 Å². The minimum absolute atomic E-state index is 0.289. The second kappa shape index (κ2) is 17.5. The van der Waals surface area contributed by atoms with Gasteiger partial charge in [0.15, 0.2) is 10.3 Å². The number of hydrogen-bond donors (Lipinski definition) is 2. The summed E-state index contributed by atoms with van der Waals surface area (Å²) in [5.74, 6) is 0.710. The summed E-state index contributed by atoms with van der Waals surface area (Å²) in [6.45, 7) is 0. The molecule has 326 valence electrons. The smallest absolute Gasteiger partial charge is 0.406 e. The number of imidazole rings is 2. The van der Waals surface area contributed by atoms with Crippen LogP contribution in [0.25, 0.3) is 67.4 Å². The highest BCUT2D eigenvalue weighted by atomic mass is 32.1. The van der Waals surface area contributed by atoms with Crippen LogP contribution < -0.4 is 15.4 Å². The van der Waals surface area contributed by atoms with E-state index < -0.39 is 18.1 Å². The van der Waals surface area contributed by atoms with Crippen molar-refractivity contribution in [2.24, 2.45) is 14.1 Å². The first-order chi connectivity index (χ1) is 31.2. The Morgan fingerprint density at radius 2 is 1.03 bits per heavy atom. The van der Waals surface area contributed by atoms with E-state index in [9.17, 15) is 26.3 Å². The second-order valence-electron chi connectivity index (χ2n) is 14.4. The molecule has 0 spiro atoms. The van der Waals surface area contributed by atoms with E-state index in [0.29, 0.717) is 33.8 Å². The molecule has 0 aliphatic carbocycles. The van der Waals surface area contributed by atoms with Crippen molar-refractivity contribution in [3.05, 3.63) is 150 Å². The predicted octanol–water partition coefficient (Wildman–Crippen LogP) is 12.9. The molecule has 0 saturated heterocycles. The Morgan fingerprint density at radius 1 is 0.538 bits per heavy atom. The average Bonchev–Trinajstić information content (AvgIpc) is 4.10. The van der Waals surface area contributed by atoms with Crippen LogP contribution in [0.5, 0.6) is 5.75 Å².